The maximum absolute atomic E-state index is 5.60. The molecule has 1 aromatic rings. The largest absolute Gasteiger partial charge is 0.372 e. The molecule has 0 N–H and O–H groups in total. The van der Waals surface area contributed by atoms with E-state index in [0.29, 0.717) is 11.8 Å². The van der Waals surface area contributed by atoms with Gasteiger partial charge in [-0.2, -0.15) is 0 Å². The molecule has 0 amide bonds. The van der Waals surface area contributed by atoms with Crippen LogP contribution in [0.15, 0.2) is 12.1 Å². The smallest absolute Gasteiger partial charge is 0.0727 e. The van der Waals surface area contributed by atoms with Crippen molar-refractivity contribution >= 4 is 0 Å². The first-order valence-corrected chi connectivity index (χ1v) is 5.83. The zero-order valence-electron chi connectivity index (χ0n) is 10.1. The highest BCUT2D eigenvalue weighted by atomic mass is 16.5. The monoisotopic (exact) mass is 204 g/mol. The first-order valence-electron chi connectivity index (χ1n) is 5.83. The zero-order chi connectivity index (χ0) is 11.0. The Kier molecular flexibility index (Phi) is 2.83. The van der Waals surface area contributed by atoms with Crippen LogP contribution in [0.4, 0.5) is 0 Å². The van der Waals surface area contributed by atoms with Gasteiger partial charge in [-0.3, -0.25) is 0 Å². The van der Waals surface area contributed by atoms with Gasteiger partial charge in [-0.05, 0) is 34.1 Å². The summed E-state index contributed by atoms with van der Waals surface area (Å²) in [6.45, 7) is 10.6. The molecule has 0 saturated carbocycles. The molecular formula is C14H20O. The summed E-state index contributed by atoms with van der Waals surface area (Å²) in [7, 11) is 0. The van der Waals surface area contributed by atoms with Gasteiger partial charge in [0, 0.05) is 0 Å². The molecule has 82 valence electrons. The second kappa shape index (κ2) is 3.97. The Hall–Kier alpha value is -0.820. The summed E-state index contributed by atoms with van der Waals surface area (Å²) in [5.74, 6) is 1.20. The topological polar surface area (TPSA) is 9.23 Å². The molecule has 0 spiro atoms. The highest BCUT2D eigenvalue weighted by molar-refractivity contribution is 5.44. The molecular weight excluding hydrogens is 184 g/mol. The average Bonchev–Trinajstić information content (AvgIpc) is 2.63. The van der Waals surface area contributed by atoms with Gasteiger partial charge in [-0.15, -0.1) is 0 Å². The van der Waals surface area contributed by atoms with Gasteiger partial charge in [0.2, 0.25) is 0 Å². The number of ether oxygens (including phenoxy) is 1. The lowest BCUT2D eigenvalue weighted by Crippen LogP contribution is -2.01. The fourth-order valence-corrected chi connectivity index (χ4v) is 2.41. The third-order valence-electron chi connectivity index (χ3n) is 3.24. The van der Waals surface area contributed by atoms with Crippen LogP contribution in [0, 0.1) is 0 Å². The Morgan fingerprint density at radius 1 is 0.867 bits per heavy atom. The first kappa shape index (κ1) is 10.7. The van der Waals surface area contributed by atoms with Crippen molar-refractivity contribution in [2.45, 2.75) is 52.7 Å². The Labute approximate surface area is 92.5 Å². The van der Waals surface area contributed by atoms with Gasteiger partial charge >= 0.3 is 0 Å². The third-order valence-corrected chi connectivity index (χ3v) is 3.24. The molecule has 1 aliphatic rings. The second-order valence-corrected chi connectivity index (χ2v) is 5.00. The van der Waals surface area contributed by atoms with E-state index in [2.05, 4.69) is 39.8 Å². The summed E-state index contributed by atoms with van der Waals surface area (Å²) >= 11 is 0. The van der Waals surface area contributed by atoms with E-state index in [1.807, 2.05) is 0 Å². The van der Waals surface area contributed by atoms with E-state index in [1.165, 1.54) is 22.3 Å². The molecule has 1 heteroatoms. The molecule has 1 heterocycles. The minimum Gasteiger partial charge on any atom is -0.372 e. The van der Waals surface area contributed by atoms with E-state index in [4.69, 9.17) is 4.74 Å². The van der Waals surface area contributed by atoms with E-state index in [1.54, 1.807) is 0 Å². The van der Waals surface area contributed by atoms with Crippen LogP contribution in [0.5, 0.6) is 0 Å². The predicted octanol–water partition coefficient (Wildman–Crippen LogP) is 3.96. The average molecular weight is 204 g/mol. The molecule has 0 aliphatic carbocycles. The highest BCUT2D eigenvalue weighted by Gasteiger charge is 2.21. The Bertz CT molecular complexity index is 329. The quantitative estimate of drug-likeness (QED) is 0.708. The Morgan fingerprint density at radius 2 is 1.27 bits per heavy atom. The summed E-state index contributed by atoms with van der Waals surface area (Å²) < 4.78 is 5.60. The minimum absolute atomic E-state index is 0.599. The molecule has 0 atom stereocenters. The van der Waals surface area contributed by atoms with Crippen molar-refractivity contribution < 1.29 is 4.74 Å². The van der Waals surface area contributed by atoms with E-state index in [0.717, 1.165) is 13.2 Å². The van der Waals surface area contributed by atoms with Gasteiger partial charge < -0.3 is 4.74 Å². The number of benzene rings is 1. The maximum atomic E-state index is 5.60. The van der Waals surface area contributed by atoms with Gasteiger partial charge in [-0.1, -0.05) is 39.8 Å². The molecule has 0 radical (unpaired) electrons. The summed E-state index contributed by atoms with van der Waals surface area (Å²) in [6.07, 6.45) is 0. The van der Waals surface area contributed by atoms with E-state index in [9.17, 15) is 0 Å². The number of hydrogen-bond donors (Lipinski definition) is 0. The summed E-state index contributed by atoms with van der Waals surface area (Å²) in [5.41, 5.74) is 5.84. The first-order chi connectivity index (χ1) is 7.11. The van der Waals surface area contributed by atoms with Crippen molar-refractivity contribution in [3.63, 3.8) is 0 Å². The molecule has 1 aliphatic heterocycles. The number of hydrogen-bond acceptors (Lipinski definition) is 1. The third kappa shape index (κ3) is 1.81. The standard InChI is InChI=1S/C14H20O/c1-9(2)11-5-6-12(10(3)4)14-8-15-7-13(11)14/h5-6,9-10H,7-8H2,1-4H3. The number of fused-ring (bicyclic) bond motifs is 1. The molecule has 15 heavy (non-hydrogen) atoms. The molecule has 0 aromatic heterocycles. The normalized spacial score (nSPS) is 15.1. The second-order valence-electron chi connectivity index (χ2n) is 5.00. The molecule has 0 fully saturated rings. The Balaban J connectivity index is 2.54. The van der Waals surface area contributed by atoms with Crippen LogP contribution in [0.2, 0.25) is 0 Å². The van der Waals surface area contributed by atoms with Crippen molar-refractivity contribution in [1.82, 2.24) is 0 Å². The van der Waals surface area contributed by atoms with E-state index in [-0.39, 0.29) is 0 Å². The van der Waals surface area contributed by atoms with Crippen molar-refractivity contribution in [3.8, 4) is 0 Å². The SMILES string of the molecule is CC(C)c1ccc(C(C)C)c2c1COC2. The van der Waals surface area contributed by atoms with Gasteiger partial charge in [0.05, 0.1) is 13.2 Å². The maximum Gasteiger partial charge on any atom is 0.0727 e. The van der Waals surface area contributed by atoms with Crippen LogP contribution < -0.4 is 0 Å². The van der Waals surface area contributed by atoms with Gasteiger partial charge in [0.15, 0.2) is 0 Å². The Morgan fingerprint density at radius 3 is 1.60 bits per heavy atom. The molecule has 2 rings (SSSR count). The number of rotatable bonds is 2. The lowest BCUT2D eigenvalue weighted by molar-refractivity contribution is 0.133. The van der Waals surface area contributed by atoms with Crippen LogP contribution in [-0.2, 0) is 18.0 Å². The minimum atomic E-state index is 0.599. The van der Waals surface area contributed by atoms with Gasteiger partial charge in [-0.25, -0.2) is 0 Å². The summed E-state index contributed by atoms with van der Waals surface area (Å²) in [6, 6.07) is 4.57. The van der Waals surface area contributed by atoms with E-state index >= 15 is 0 Å². The van der Waals surface area contributed by atoms with Crippen molar-refractivity contribution in [3.05, 3.63) is 34.4 Å². The summed E-state index contributed by atoms with van der Waals surface area (Å²) in [4.78, 5) is 0. The van der Waals surface area contributed by atoms with Gasteiger partial charge in [0.25, 0.3) is 0 Å². The van der Waals surface area contributed by atoms with Crippen molar-refractivity contribution in [2.75, 3.05) is 0 Å². The summed E-state index contributed by atoms with van der Waals surface area (Å²) in [5, 5.41) is 0. The molecule has 0 bridgehead atoms. The molecule has 0 saturated heterocycles. The van der Waals surface area contributed by atoms with Crippen molar-refractivity contribution in [2.24, 2.45) is 0 Å². The van der Waals surface area contributed by atoms with Crippen LogP contribution in [0.25, 0.3) is 0 Å². The van der Waals surface area contributed by atoms with Crippen molar-refractivity contribution in [1.29, 1.82) is 0 Å². The fourth-order valence-electron chi connectivity index (χ4n) is 2.41. The van der Waals surface area contributed by atoms with Crippen LogP contribution in [0.1, 0.15) is 61.8 Å². The lowest BCUT2D eigenvalue weighted by atomic mass is 9.88. The van der Waals surface area contributed by atoms with Crippen LogP contribution >= 0.6 is 0 Å². The predicted molar refractivity (Wildman–Crippen MR) is 63.1 cm³/mol. The molecule has 0 unspecified atom stereocenters. The molecule has 1 nitrogen and oxygen atoms in total. The zero-order valence-corrected chi connectivity index (χ0v) is 10.1. The van der Waals surface area contributed by atoms with E-state index < -0.39 is 0 Å². The lowest BCUT2D eigenvalue weighted by Gasteiger charge is -2.16. The van der Waals surface area contributed by atoms with Crippen LogP contribution in [0.3, 0.4) is 0 Å². The van der Waals surface area contributed by atoms with Crippen LogP contribution in [-0.4, -0.2) is 0 Å². The molecule has 1 aromatic carbocycles. The highest BCUT2D eigenvalue weighted by Crippen LogP contribution is 2.34. The fraction of sp³-hybridized carbons (Fsp3) is 0.571. The van der Waals surface area contributed by atoms with Gasteiger partial charge in [0.1, 0.15) is 0 Å².